The van der Waals surface area contributed by atoms with Crippen molar-refractivity contribution in [1.29, 1.82) is 0 Å². The van der Waals surface area contributed by atoms with E-state index in [4.69, 9.17) is 4.74 Å². The van der Waals surface area contributed by atoms with Gasteiger partial charge in [-0.2, -0.15) is 0 Å². The Morgan fingerprint density at radius 2 is 1.79 bits per heavy atom. The molecular weight excluding hydrogens is 436 g/mol. The van der Waals surface area contributed by atoms with Crippen molar-refractivity contribution in [3.05, 3.63) is 28.7 Å². The second-order valence-electron chi connectivity index (χ2n) is 9.49. The zero-order chi connectivity index (χ0) is 24.4. The smallest absolute Gasteiger partial charge is 0.328 e. The fourth-order valence-electron chi connectivity index (χ4n) is 5.19. The number of hydrogen-bond donors (Lipinski definition) is 0. The van der Waals surface area contributed by atoms with Gasteiger partial charge < -0.3 is 14.5 Å². The fourth-order valence-corrected chi connectivity index (χ4v) is 5.19. The van der Waals surface area contributed by atoms with Crippen LogP contribution in [-0.4, -0.2) is 69.8 Å². The summed E-state index contributed by atoms with van der Waals surface area (Å²) in [6.07, 6.45) is 3.66. The first-order chi connectivity index (χ1) is 16.3. The molecule has 9 nitrogen and oxygen atoms in total. The predicted molar refractivity (Wildman–Crippen MR) is 128 cm³/mol. The largest absolute Gasteiger partial charge is 0.497 e. The number of Topliss-reactive ketones (excluding diaryl/α,β-unsaturated/α-hetero) is 1. The van der Waals surface area contributed by atoms with Gasteiger partial charge in [-0.1, -0.05) is 6.92 Å². The monoisotopic (exact) mass is 470 g/mol. The van der Waals surface area contributed by atoms with Crippen molar-refractivity contribution in [2.45, 2.75) is 45.6 Å². The normalized spacial score (nSPS) is 21.2. The van der Waals surface area contributed by atoms with E-state index in [2.05, 4.69) is 0 Å². The number of ether oxygens (including phenoxy) is 1. The van der Waals surface area contributed by atoms with Crippen LogP contribution in [0, 0.1) is 11.8 Å². The lowest BCUT2D eigenvalue weighted by atomic mass is 9.81. The summed E-state index contributed by atoms with van der Waals surface area (Å²) < 4.78 is 8.82. The van der Waals surface area contributed by atoms with Gasteiger partial charge in [0.2, 0.25) is 11.8 Å². The number of amides is 2. The fraction of sp³-hybridized carbons (Fsp3) is 0.600. The second kappa shape index (κ2) is 10.0. The van der Waals surface area contributed by atoms with Gasteiger partial charge in [-0.25, -0.2) is 4.79 Å². The molecule has 184 valence electrons. The van der Waals surface area contributed by atoms with Crippen LogP contribution in [0.25, 0.3) is 11.0 Å². The highest BCUT2D eigenvalue weighted by Crippen LogP contribution is 2.32. The minimum Gasteiger partial charge on any atom is -0.497 e. The summed E-state index contributed by atoms with van der Waals surface area (Å²) >= 11 is 0. The highest BCUT2D eigenvalue weighted by atomic mass is 16.5. The zero-order valence-corrected chi connectivity index (χ0v) is 20.3. The van der Waals surface area contributed by atoms with Crippen molar-refractivity contribution in [3.63, 3.8) is 0 Å². The van der Waals surface area contributed by atoms with Gasteiger partial charge in [-0.15, -0.1) is 0 Å². The molecule has 2 aromatic rings. The molecule has 2 aliphatic rings. The van der Waals surface area contributed by atoms with E-state index >= 15 is 0 Å². The Labute approximate surface area is 199 Å². The topological polar surface area (TPSA) is 93.9 Å². The number of methoxy groups -OCH3 is 1. The van der Waals surface area contributed by atoms with Crippen molar-refractivity contribution in [2.24, 2.45) is 18.9 Å². The Hall–Kier alpha value is -3.10. The molecule has 1 aliphatic carbocycles. The number of aryl methyl sites for hydroxylation is 1. The molecule has 1 aromatic heterocycles. The maximum absolute atomic E-state index is 13.1. The Morgan fingerprint density at radius 3 is 2.44 bits per heavy atom. The second-order valence-corrected chi connectivity index (χ2v) is 9.49. The van der Waals surface area contributed by atoms with E-state index in [0.29, 0.717) is 32.0 Å². The Morgan fingerprint density at radius 1 is 1.06 bits per heavy atom. The first-order valence-electron chi connectivity index (χ1n) is 12.1. The van der Waals surface area contributed by atoms with Crippen LogP contribution >= 0.6 is 0 Å². The Kier molecular flexibility index (Phi) is 7.09. The average molecular weight is 471 g/mol. The first kappa shape index (κ1) is 24.0. The first-order valence-corrected chi connectivity index (χ1v) is 12.1. The van der Waals surface area contributed by atoms with E-state index in [0.717, 1.165) is 42.5 Å². The summed E-state index contributed by atoms with van der Waals surface area (Å²) in [5, 5.41) is 0. The SMILES string of the molecule is CCC(=O)CN1CCN(C(=O)[C@H]2CC[C@H](Cn3c(=O)n(C)c4ccc(OC)cc43)CC2)CC1=O. The van der Waals surface area contributed by atoms with Gasteiger partial charge >= 0.3 is 5.69 Å². The molecular formula is C25H34N4O5. The average Bonchev–Trinajstić information content (AvgIpc) is 3.09. The van der Waals surface area contributed by atoms with E-state index in [1.807, 2.05) is 22.8 Å². The minimum absolute atomic E-state index is 0.0372. The van der Waals surface area contributed by atoms with E-state index < -0.39 is 0 Å². The van der Waals surface area contributed by atoms with E-state index in [1.165, 1.54) is 0 Å². The third kappa shape index (κ3) is 4.74. The third-order valence-electron chi connectivity index (χ3n) is 7.38. The number of benzene rings is 1. The van der Waals surface area contributed by atoms with E-state index in [1.54, 1.807) is 35.4 Å². The standard InChI is InChI=1S/C25H34N4O5/c1-4-19(30)15-27-11-12-28(16-23(27)31)24(32)18-7-5-17(6-8-18)14-29-22-13-20(34-3)9-10-21(22)26(2)25(29)33/h9-10,13,17-18H,4-8,11-12,14-16H2,1-3H3/t17-,18-. The molecule has 9 heteroatoms. The number of ketones is 1. The third-order valence-corrected chi connectivity index (χ3v) is 7.38. The highest BCUT2D eigenvalue weighted by Gasteiger charge is 2.34. The van der Waals surface area contributed by atoms with Gasteiger partial charge in [0.1, 0.15) is 5.75 Å². The molecule has 0 spiro atoms. The predicted octanol–water partition coefficient (Wildman–Crippen LogP) is 1.80. The number of imidazole rings is 1. The summed E-state index contributed by atoms with van der Waals surface area (Å²) in [5.74, 6) is 0.875. The summed E-state index contributed by atoms with van der Waals surface area (Å²) in [7, 11) is 3.39. The molecule has 4 rings (SSSR count). The molecule has 2 heterocycles. The maximum atomic E-state index is 13.1. The number of aromatic nitrogens is 2. The number of carbonyl (C=O) groups excluding carboxylic acids is 3. The van der Waals surface area contributed by atoms with Gasteiger partial charge in [0.25, 0.3) is 0 Å². The Bertz CT molecular complexity index is 1140. The Balaban J connectivity index is 1.35. The van der Waals surface area contributed by atoms with Gasteiger partial charge in [0, 0.05) is 45.1 Å². The lowest BCUT2D eigenvalue weighted by Crippen LogP contribution is -2.54. The molecule has 0 unspecified atom stereocenters. The van der Waals surface area contributed by atoms with Crippen LogP contribution in [0.1, 0.15) is 39.0 Å². The molecule has 0 radical (unpaired) electrons. The number of hydrogen-bond acceptors (Lipinski definition) is 5. The summed E-state index contributed by atoms with van der Waals surface area (Å²) in [6, 6.07) is 5.66. The lowest BCUT2D eigenvalue weighted by Gasteiger charge is -2.37. The van der Waals surface area contributed by atoms with Crippen molar-refractivity contribution in [1.82, 2.24) is 18.9 Å². The molecule has 2 fully saturated rings. The van der Waals surface area contributed by atoms with Gasteiger partial charge in [0.15, 0.2) is 5.78 Å². The van der Waals surface area contributed by atoms with Crippen molar-refractivity contribution >= 4 is 28.6 Å². The molecule has 0 bridgehead atoms. The van der Waals surface area contributed by atoms with Crippen LogP contribution in [0.3, 0.4) is 0 Å². The number of carbonyl (C=O) groups is 3. The van der Waals surface area contributed by atoms with Gasteiger partial charge in [0.05, 0.1) is 31.2 Å². The molecule has 1 aromatic carbocycles. The van der Waals surface area contributed by atoms with E-state index in [9.17, 15) is 19.2 Å². The number of fused-ring (bicyclic) bond motifs is 1. The van der Waals surface area contributed by atoms with Crippen LogP contribution in [0.2, 0.25) is 0 Å². The number of rotatable bonds is 7. The molecule has 1 saturated carbocycles. The molecule has 2 amide bonds. The van der Waals surface area contributed by atoms with Crippen LogP contribution in [0.15, 0.2) is 23.0 Å². The minimum atomic E-state index is -0.152. The van der Waals surface area contributed by atoms with Gasteiger partial charge in [-0.3, -0.25) is 23.5 Å². The number of nitrogens with zero attached hydrogens (tertiary/aromatic N) is 4. The van der Waals surface area contributed by atoms with Crippen LogP contribution < -0.4 is 10.4 Å². The van der Waals surface area contributed by atoms with Crippen LogP contribution in [0.5, 0.6) is 5.75 Å². The van der Waals surface area contributed by atoms with Gasteiger partial charge in [-0.05, 0) is 43.7 Å². The lowest BCUT2D eigenvalue weighted by molar-refractivity contribution is -0.149. The van der Waals surface area contributed by atoms with Crippen LogP contribution in [-0.2, 0) is 28.0 Å². The molecule has 1 saturated heterocycles. The summed E-state index contributed by atoms with van der Waals surface area (Å²) in [5.41, 5.74) is 1.70. The molecule has 0 atom stereocenters. The molecule has 0 N–H and O–H groups in total. The zero-order valence-electron chi connectivity index (χ0n) is 20.3. The molecule has 1 aliphatic heterocycles. The van der Waals surface area contributed by atoms with Crippen molar-refractivity contribution < 1.29 is 19.1 Å². The summed E-state index contributed by atoms with van der Waals surface area (Å²) in [6.45, 7) is 3.50. The molecule has 34 heavy (non-hydrogen) atoms. The summed E-state index contributed by atoms with van der Waals surface area (Å²) in [4.78, 5) is 53.2. The highest BCUT2D eigenvalue weighted by molar-refractivity contribution is 5.90. The number of piperazine rings is 1. The van der Waals surface area contributed by atoms with E-state index in [-0.39, 0.29) is 42.3 Å². The van der Waals surface area contributed by atoms with Crippen molar-refractivity contribution in [2.75, 3.05) is 33.3 Å². The maximum Gasteiger partial charge on any atom is 0.328 e. The quantitative estimate of drug-likeness (QED) is 0.615. The van der Waals surface area contributed by atoms with Crippen molar-refractivity contribution in [3.8, 4) is 5.75 Å². The van der Waals surface area contributed by atoms with Crippen LogP contribution in [0.4, 0.5) is 0 Å².